The van der Waals surface area contributed by atoms with Crippen molar-refractivity contribution in [3.8, 4) is 0 Å². The molecule has 27 heavy (non-hydrogen) atoms. The lowest BCUT2D eigenvalue weighted by Crippen LogP contribution is -2.40. The van der Waals surface area contributed by atoms with Crippen LogP contribution in [0.25, 0.3) is 5.57 Å². The number of ether oxygens (including phenoxy) is 1. The molecule has 1 saturated heterocycles. The van der Waals surface area contributed by atoms with Gasteiger partial charge in [-0.25, -0.2) is 4.79 Å². The SMILES string of the molecule is C=C(C)c1cc(NC(=O)N2CCCN(C(=O)C(C)CCOCC)CC2)no1. The quantitative estimate of drug-likeness (QED) is 0.737. The molecule has 8 heteroatoms. The van der Waals surface area contributed by atoms with Gasteiger partial charge >= 0.3 is 6.03 Å². The van der Waals surface area contributed by atoms with Crippen molar-refractivity contribution in [2.24, 2.45) is 5.92 Å². The van der Waals surface area contributed by atoms with Crippen molar-refractivity contribution < 1.29 is 18.8 Å². The van der Waals surface area contributed by atoms with Crippen molar-refractivity contribution in [2.45, 2.75) is 33.6 Å². The van der Waals surface area contributed by atoms with Gasteiger partial charge in [-0.2, -0.15) is 0 Å². The first-order valence-electron chi connectivity index (χ1n) is 9.47. The topological polar surface area (TPSA) is 87.9 Å². The van der Waals surface area contributed by atoms with E-state index in [4.69, 9.17) is 9.26 Å². The maximum atomic E-state index is 12.6. The molecule has 1 N–H and O–H groups in total. The second kappa shape index (κ2) is 10.1. The van der Waals surface area contributed by atoms with Gasteiger partial charge in [-0.15, -0.1) is 0 Å². The fourth-order valence-corrected chi connectivity index (χ4v) is 2.90. The van der Waals surface area contributed by atoms with Crippen molar-refractivity contribution in [2.75, 3.05) is 44.7 Å². The van der Waals surface area contributed by atoms with E-state index in [-0.39, 0.29) is 17.9 Å². The second-order valence-electron chi connectivity index (χ2n) is 6.84. The van der Waals surface area contributed by atoms with Crippen LogP contribution < -0.4 is 5.32 Å². The van der Waals surface area contributed by atoms with Gasteiger partial charge in [-0.3, -0.25) is 10.1 Å². The number of hydrogen-bond acceptors (Lipinski definition) is 5. The Kier molecular flexibility index (Phi) is 7.84. The van der Waals surface area contributed by atoms with E-state index >= 15 is 0 Å². The highest BCUT2D eigenvalue weighted by atomic mass is 16.5. The Labute approximate surface area is 160 Å². The minimum Gasteiger partial charge on any atom is -0.382 e. The van der Waals surface area contributed by atoms with Crippen molar-refractivity contribution in [3.63, 3.8) is 0 Å². The Hall–Kier alpha value is -2.35. The molecule has 1 aliphatic rings. The van der Waals surface area contributed by atoms with Crippen LogP contribution in [0.3, 0.4) is 0 Å². The highest BCUT2D eigenvalue weighted by molar-refractivity contribution is 5.88. The van der Waals surface area contributed by atoms with Gasteiger partial charge in [0.25, 0.3) is 0 Å². The maximum Gasteiger partial charge on any atom is 0.323 e. The van der Waals surface area contributed by atoms with Gasteiger partial charge < -0.3 is 19.1 Å². The number of urea groups is 1. The summed E-state index contributed by atoms with van der Waals surface area (Å²) in [5.41, 5.74) is 0.741. The monoisotopic (exact) mass is 378 g/mol. The number of amides is 3. The number of carbonyl (C=O) groups excluding carboxylic acids is 2. The number of rotatable bonds is 7. The molecule has 0 bridgehead atoms. The molecule has 2 rings (SSSR count). The van der Waals surface area contributed by atoms with Crippen LogP contribution in [0.5, 0.6) is 0 Å². The van der Waals surface area contributed by atoms with Gasteiger partial charge in [0.1, 0.15) is 0 Å². The lowest BCUT2D eigenvalue weighted by molar-refractivity contribution is -0.135. The number of aromatic nitrogens is 1. The van der Waals surface area contributed by atoms with E-state index in [0.717, 1.165) is 12.0 Å². The highest BCUT2D eigenvalue weighted by Gasteiger charge is 2.25. The summed E-state index contributed by atoms with van der Waals surface area (Å²) in [6.07, 6.45) is 1.46. The Balaban J connectivity index is 1.84. The molecule has 0 spiro atoms. The van der Waals surface area contributed by atoms with E-state index in [1.165, 1.54) is 0 Å². The minimum atomic E-state index is -0.241. The smallest absolute Gasteiger partial charge is 0.323 e. The lowest BCUT2D eigenvalue weighted by Gasteiger charge is -2.24. The number of allylic oxidation sites excluding steroid dienone is 1. The molecule has 0 saturated carbocycles. The molecule has 0 aromatic carbocycles. The van der Waals surface area contributed by atoms with E-state index in [1.807, 2.05) is 25.7 Å². The molecule has 1 unspecified atom stereocenters. The van der Waals surface area contributed by atoms with E-state index in [2.05, 4.69) is 17.1 Å². The summed E-state index contributed by atoms with van der Waals surface area (Å²) in [4.78, 5) is 28.6. The molecular weight excluding hydrogens is 348 g/mol. The predicted molar refractivity (Wildman–Crippen MR) is 103 cm³/mol. The van der Waals surface area contributed by atoms with Crippen LogP contribution >= 0.6 is 0 Å². The van der Waals surface area contributed by atoms with Crippen molar-refractivity contribution in [1.82, 2.24) is 15.0 Å². The van der Waals surface area contributed by atoms with Gasteiger partial charge in [0.15, 0.2) is 11.6 Å². The summed E-state index contributed by atoms with van der Waals surface area (Å²) in [6.45, 7) is 13.0. The molecule has 150 valence electrons. The summed E-state index contributed by atoms with van der Waals surface area (Å²) in [7, 11) is 0. The molecule has 1 aliphatic heterocycles. The maximum absolute atomic E-state index is 12.6. The third-order valence-corrected chi connectivity index (χ3v) is 4.58. The average molecular weight is 378 g/mol. The van der Waals surface area contributed by atoms with Gasteiger partial charge in [-0.05, 0) is 32.3 Å². The molecule has 1 aromatic heterocycles. The number of hydrogen-bond donors (Lipinski definition) is 1. The van der Waals surface area contributed by atoms with Crippen LogP contribution in [-0.4, -0.2) is 66.3 Å². The molecule has 1 fully saturated rings. The van der Waals surface area contributed by atoms with Gasteiger partial charge in [-0.1, -0.05) is 18.7 Å². The van der Waals surface area contributed by atoms with Crippen LogP contribution in [0.15, 0.2) is 17.2 Å². The zero-order valence-corrected chi connectivity index (χ0v) is 16.5. The Morgan fingerprint density at radius 3 is 2.70 bits per heavy atom. The van der Waals surface area contributed by atoms with Crippen LogP contribution in [0.4, 0.5) is 10.6 Å². The van der Waals surface area contributed by atoms with Gasteiger partial charge in [0.05, 0.1) is 0 Å². The largest absolute Gasteiger partial charge is 0.382 e. The van der Waals surface area contributed by atoms with Gasteiger partial charge in [0.2, 0.25) is 5.91 Å². The van der Waals surface area contributed by atoms with Crippen LogP contribution in [0.2, 0.25) is 0 Å². The fourth-order valence-electron chi connectivity index (χ4n) is 2.90. The van der Waals surface area contributed by atoms with Crippen LogP contribution in [0, 0.1) is 5.92 Å². The lowest BCUT2D eigenvalue weighted by atomic mass is 10.1. The summed E-state index contributed by atoms with van der Waals surface area (Å²) in [5, 5.41) is 6.56. The molecule has 2 heterocycles. The normalized spacial score (nSPS) is 16.0. The second-order valence-corrected chi connectivity index (χ2v) is 6.84. The van der Waals surface area contributed by atoms with Crippen molar-refractivity contribution >= 4 is 23.3 Å². The third-order valence-electron chi connectivity index (χ3n) is 4.58. The molecule has 1 atom stereocenters. The van der Waals surface area contributed by atoms with Crippen molar-refractivity contribution in [1.29, 1.82) is 0 Å². The minimum absolute atomic E-state index is 0.0763. The zero-order valence-electron chi connectivity index (χ0n) is 16.5. The summed E-state index contributed by atoms with van der Waals surface area (Å²) >= 11 is 0. The standard InChI is InChI=1S/C19H30N4O4/c1-5-26-12-7-15(4)18(24)22-8-6-9-23(11-10-22)19(25)20-17-13-16(14(2)3)27-21-17/h13,15H,2,5-12H2,1,3-4H3,(H,20,21,25). The van der Waals surface area contributed by atoms with E-state index in [0.29, 0.717) is 57.4 Å². The van der Waals surface area contributed by atoms with E-state index in [1.54, 1.807) is 11.0 Å². The first-order chi connectivity index (χ1) is 12.9. The fraction of sp³-hybridized carbons (Fsp3) is 0.632. The van der Waals surface area contributed by atoms with Crippen LogP contribution in [-0.2, 0) is 9.53 Å². The molecule has 3 amide bonds. The number of nitrogens with one attached hydrogen (secondary N) is 1. The molecular formula is C19H30N4O4. The predicted octanol–water partition coefficient (Wildman–Crippen LogP) is 2.84. The molecule has 1 aromatic rings. The third kappa shape index (κ3) is 6.09. The number of anilines is 1. The first kappa shape index (κ1) is 21.0. The zero-order chi connectivity index (χ0) is 19.8. The molecule has 8 nitrogen and oxygen atoms in total. The van der Waals surface area contributed by atoms with Gasteiger partial charge in [0, 0.05) is 51.4 Å². The highest BCUT2D eigenvalue weighted by Crippen LogP contribution is 2.17. The first-order valence-corrected chi connectivity index (χ1v) is 9.47. The summed E-state index contributed by atoms with van der Waals surface area (Å²) < 4.78 is 10.4. The Bertz CT molecular complexity index is 658. The number of carbonyl (C=O) groups is 2. The molecule has 0 aliphatic carbocycles. The Morgan fingerprint density at radius 1 is 1.33 bits per heavy atom. The van der Waals surface area contributed by atoms with Crippen LogP contribution in [0.1, 0.15) is 39.4 Å². The summed E-state index contributed by atoms with van der Waals surface area (Å²) in [6, 6.07) is 1.41. The van der Waals surface area contributed by atoms with Crippen molar-refractivity contribution in [3.05, 3.63) is 18.4 Å². The average Bonchev–Trinajstić information content (AvgIpc) is 2.97. The molecule has 0 radical (unpaired) electrons. The number of nitrogens with zero attached hydrogens (tertiary/aromatic N) is 3. The van der Waals surface area contributed by atoms with E-state index < -0.39 is 0 Å². The Morgan fingerprint density at radius 2 is 2.04 bits per heavy atom. The van der Waals surface area contributed by atoms with E-state index in [9.17, 15) is 9.59 Å². The summed E-state index contributed by atoms with van der Waals surface area (Å²) in [5.74, 6) is 0.950.